The lowest BCUT2D eigenvalue weighted by atomic mass is 9.67. The Morgan fingerprint density at radius 1 is 1.00 bits per heavy atom. The average molecular weight is 463 g/mol. The summed E-state index contributed by atoms with van der Waals surface area (Å²) in [4.78, 5) is 16.3. The van der Waals surface area contributed by atoms with Gasteiger partial charge in [0.25, 0.3) is 0 Å². The molecule has 4 nitrogen and oxygen atoms in total. The van der Waals surface area contributed by atoms with Crippen LogP contribution in [-0.4, -0.2) is 43.0 Å². The van der Waals surface area contributed by atoms with E-state index in [2.05, 4.69) is 67.3 Å². The third kappa shape index (κ3) is 6.16. The van der Waals surface area contributed by atoms with Gasteiger partial charge in [-0.15, -0.1) is 0 Å². The Bertz CT molecular complexity index is 929. The van der Waals surface area contributed by atoms with Crippen LogP contribution in [0.3, 0.4) is 0 Å². The molecule has 0 aromatic heterocycles. The molecule has 0 bridgehead atoms. The molecule has 4 rings (SSSR count). The Labute approximate surface area is 205 Å². The minimum atomic E-state index is 0.127. The van der Waals surface area contributed by atoms with Crippen molar-refractivity contribution in [1.29, 1.82) is 0 Å². The quantitative estimate of drug-likeness (QED) is 0.500. The van der Waals surface area contributed by atoms with E-state index >= 15 is 0 Å². The zero-order valence-corrected chi connectivity index (χ0v) is 21.0. The summed E-state index contributed by atoms with van der Waals surface area (Å²) in [7, 11) is 0. The van der Waals surface area contributed by atoms with Gasteiger partial charge in [-0.3, -0.25) is 9.69 Å². The number of fused-ring (bicyclic) bond motifs is 1. The van der Waals surface area contributed by atoms with Gasteiger partial charge < -0.3 is 10.5 Å². The molecule has 2 aromatic carbocycles. The topological polar surface area (TPSA) is 55.6 Å². The molecule has 4 atom stereocenters. The van der Waals surface area contributed by atoms with Crippen molar-refractivity contribution in [1.82, 2.24) is 4.90 Å². The number of nitrogens with two attached hydrogens (primary N) is 1. The molecule has 2 N–H and O–H groups in total. The van der Waals surface area contributed by atoms with Crippen molar-refractivity contribution in [3.8, 4) is 0 Å². The van der Waals surface area contributed by atoms with Crippen molar-refractivity contribution >= 4 is 5.78 Å². The van der Waals surface area contributed by atoms with Crippen LogP contribution in [0, 0.1) is 31.6 Å². The van der Waals surface area contributed by atoms with Gasteiger partial charge in [0.2, 0.25) is 0 Å². The van der Waals surface area contributed by atoms with Crippen LogP contribution < -0.4 is 5.73 Å². The number of aryl methyl sites for hydroxylation is 2. The number of nitrogens with zero attached hydrogens (tertiary/aromatic N) is 1. The van der Waals surface area contributed by atoms with Gasteiger partial charge in [-0.1, -0.05) is 61.4 Å². The first-order chi connectivity index (χ1) is 16.6. The van der Waals surface area contributed by atoms with Crippen LogP contribution in [0.4, 0.5) is 0 Å². The summed E-state index contributed by atoms with van der Waals surface area (Å²) in [6.45, 7) is 8.45. The molecular weight excluding hydrogens is 420 g/mol. The molecule has 2 aromatic rings. The normalized spacial score (nSPS) is 25.1. The third-order valence-electron chi connectivity index (χ3n) is 8.14. The summed E-state index contributed by atoms with van der Waals surface area (Å²) in [5.41, 5.74) is 10.8. The lowest BCUT2D eigenvalue weighted by molar-refractivity contribution is -0.140. The molecule has 184 valence electrons. The first kappa shape index (κ1) is 25.1. The largest absolute Gasteiger partial charge is 0.380 e. The van der Waals surface area contributed by atoms with E-state index in [4.69, 9.17) is 10.5 Å². The lowest BCUT2D eigenvalue weighted by Gasteiger charge is -2.51. The molecule has 0 spiro atoms. The first-order valence-corrected chi connectivity index (χ1v) is 13.2. The van der Waals surface area contributed by atoms with E-state index in [0.29, 0.717) is 30.1 Å². The second-order valence-corrected chi connectivity index (χ2v) is 10.5. The van der Waals surface area contributed by atoms with Gasteiger partial charge in [0, 0.05) is 31.5 Å². The number of rotatable bonds is 10. The Morgan fingerprint density at radius 3 is 2.59 bits per heavy atom. The van der Waals surface area contributed by atoms with Crippen molar-refractivity contribution in [2.24, 2.45) is 23.5 Å². The third-order valence-corrected chi connectivity index (χ3v) is 8.14. The van der Waals surface area contributed by atoms with Crippen molar-refractivity contribution in [2.75, 3.05) is 26.3 Å². The van der Waals surface area contributed by atoms with Crippen LogP contribution in [-0.2, 0) is 22.5 Å². The van der Waals surface area contributed by atoms with Crippen molar-refractivity contribution < 1.29 is 9.53 Å². The van der Waals surface area contributed by atoms with Gasteiger partial charge >= 0.3 is 0 Å². The Morgan fingerprint density at radius 2 is 1.82 bits per heavy atom. The molecule has 1 unspecified atom stereocenters. The number of likely N-dealkylation sites (tertiary alicyclic amines) is 1. The summed E-state index contributed by atoms with van der Waals surface area (Å²) in [6.07, 6.45) is 6.06. The molecule has 0 radical (unpaired) electrons. The van der Waals surface area contributed by atoms with Gasteiger partial charge in [-0.2, -0.15) is 0 Å². The summed E-state index contributed by atoms with van der Waals surface area (Å²) < 4.78 is 6.17. The molecule has 0 amide bonds. The van der Waals surface area contributed by atoms with E-state index in [1.54, 1.807) is 0 Å². The predicted octanol–water partition coefficient (Wildman–Crippen LogP) is 5.09. The van der Waals surface area contributed by atoms with Crippen molar-refractivity contribution in [3.05, 3.63) is 70.8 Å². The van der Waals surface area contributed by atoms with Gasteiger partial charge in [0.1, 0.15) is 5.78 Å². The SMILES string of the molecule is Cc1ccc(CC(=O)C2CCN(Cc3ccccc3)[C@@H]3COC[C@H](CCCCCN)[C@@H]23)cc1C. The number of ketones is 1. The molecule has 0 saturated carbocycles. The standard InChI is InChI=1S/C30H42N2O2/c1-22-12-13-25(17-23(22)2)18-29(33)27-14-16-32(19-24-9-5-3-6-10-24)28-21-34-20-26(30(27)28)11-7-4-8-15-31/h3,5-6,9-10,12-13,17,26-28,30H,4,7-8,11,14-16,18-21,31H2,1-2H3/t26-,27?,28+,30-/m0/s1. The molecule has 34 heavy (non-hydrogen) atoms. The number of unbranched alkanes of at least 4 members (excludes halogenated alkanes) is 2. The van der Waals surface area contributed by atoms with Crippen LogP contribution in [0.15, 0.2) is 48.5 Å². The molecule has 2 aliphatic heterocycles. The van der Waals surface area contributed by atoms with Gasteiger partial charge in [-0.05, 0) is 80.3 Å². The van der Waals surface area contributed by atoms with Crippen LogP contribution in [0.2, 0.25) is 0 Å². The first-order valence-electron chi connectivity index (χ1n) is 13.2. The number of piperidine rings is 1. The minimum Gasteiger partial charge on any atom is -0.380 e. The zero-order valence-electron chi connectivity index (χ0n) is 21.0. The Kier molecular flexibility index (Phi) is 8.93. The summed E-state index contributed by atoms with van der Waals surface area (Å²) >= 11 is 0. The Hall–Kier alpha value is -2.01. The molecule has 2 heterocycles. The van der Waals surface area contributed by atoms with Crippen LogP contribution in [0.1, 0.15) is 54.4 Å². The number of carbonyl (C=O) groups excluding carboxylic acids is 1. The highest BCUT2D eigenvalue weighted by atomic mass is 16.5. The highest BCUT2D eigenvalue weighted by Crippen LogP contribution is 2.41. The van der Waals surface area contributed by atoms with E-state index in [0.717, 1.165) is 57.7 Å². The highest BCUT2D eigenvalue weighted by Gasteiger charge is 2.46. The van der Waals surface area contributed by atoms with E-state index in [-0.39, 0.29) is 5.92 Å². The fourth-order valence-electron chi connectivity index (χ4n) is 6.12. The van der Waals surface area contributed by atoms with E-state index < -0.39 is 0 Å². The number of carbonyl (C=O) groups is 1. The van der Waals surface area contributed by atoms with Crippen molar-refractivity contribution in [3.63, 3.8) is 0 Å². The van der Waals surface area contributed by atoms with Gasteiger partial charge in [0.15, 0.2) is 0 Å². The second-order valence-electron chi connectivity index (χ2n) is 10.5. The number of hydrogen-bond donors (Lipinski definition) is 1. The number of benzene rings is 2. The maximum Gasteiger partial charge on any atom is 0.140 e. The summed E-state index contributed by atoms with van der Waals surface area (Å²) in [5, 5.41) is 0. The van der Waals surface area contributed by atoms with Gasteiger partial charge in [-0.25, -0.2) is 0 Å². The molecule has 2 aliphatic rings. The van der Waals surface area contributed by atoms with Crippen LogP contribution in [0.25, 0.3) is 0 Å². The molecule has 4 heteroatoms. The van der Waals surface area contributed by atoms with E-state index in [1.807, 2.05) is 0 Å². The fourth-order valence-corrected chi connectivity index (χ4v) is 6.12. The number of Topliss-reactive ketones (excluding diaryl/α,β-unsaturated/α-hetero) is 1. The highest BCUT2D eigenvalue weighted by molar-refractivity contribution is 5.84. The second kappa shape index (κ2) is 12.1. The molecule has 2 fully saturated rings. The summed E-state index contributed by atoms with van der Waals surface area (Å²) in [6, 6.07) is 17.5. The maximum atomic E-state index is 13.7. The monoisotopic (exact) mass is 462 g/mol. The van der Waals surface area contributed by atoms with E-state index in [9.17, 15) is 4.79 Å². The molecule has 2 saturated heterocycles. The van der Waals surface area contributed by atoms with Crippen molar-refractivity contribution in [2.45, 2.75) is 65.0 Å². The number of ether oxygens (including phenoxy) is 1. The minimum absolute atomic E-state index is 0.127. The lowest BCUT2D eigenvalue weighted by Crippen LogP contribution is -2.58. The van der Waals surface area contributed by atoms with Crippen LogP contribution >= 0.6 is 0 Å². The Balaban J connectivity index is 1.52. The number of hydrogen-bond acceptors (Lipinski definition) is 4. The summed E-state index contributed by atoms with van der Waals surface area (Å²) in [5.74, 6) is 1.38. The maximum absolute atomic E-state index is 13.7. The molecule has 0 aliphatic carbocycles. The van der Waals surface area contributed by atoms with E-state index in [1.165, 1.54) is 29.5 Å². The predicted molar refractivity (Wildman–Crippen MR) is 139 cm³/mol. The van der Waals surface area contributed by atoms with Gasteiger partial charge in [0.05, 0.1) is 6.61 Å². The fraction of sp³-hybridized carbons (Fsp3) is 0.567. The smallest absolute Gasteiger partial charge is 0.140 e. The zero-order chi connectivity index (χ0) is 23.9. The van der Waals surface area contributed by atoms with Crippen LogP contribution in [0.5, 0.6) is 0 Å². The average Bonchev–Trinajstić information content (AvgIpc) is 2.85. The molecular formula is C30H42N2O2.